The maximum atomic E-state index is 10.4. The SMILES string of the molecule is C=C/C(=C\N=C)COC(=O)C(=O)O. The number of hydrogen-bond donors (Lipinski definition) is 1. The molecule has 0 unspecified atom stereocenters. The summed E-state index contributed by atoms with van der Waals surface area (Å²) in [6.45, 7) is 6.41. The molecular formula is C8H9NO4. The number of aliphatic imine (C=N–C) groups is 1. The molecule has 0 heterocycles. The molecule has 0 aliphatic carbocycles. The molecular weight excluding hydrogens is 174 g/mol. The zero-order chi connectivity index (χ0) is 10.3. The van der Waals surface area contributed by atoms with Crippen LogP contribution >= 0.6 is 0 Å². The fourth-order valence-electron chi connectivity index (χ4n) is 0.477. The van der Waals surface area contributed by atoms with Crippen LogP contribution in [0.25, 0.3) is 0 Å². The van der Waals surface area contributed by atoms with Crippen molar-refractivity contribution in [1.29, 1.82) is 0 Å². The minimum atomic E-state index is -1.63. The van der Waals surface area contributed by atoms with Crippen LogP contribution in [-0.2, 0) is 14.3 Å². The number of aliphatic carboxylic acids is 1. The summed E-state index contributed by atoms with van der Waals surface area (Å²) in [5, 5.41) is 8.14. The lowest BCUT2D eigenvalue weighted by molar-refractivity contribution is -0.163. The third-order valence-electron chi connectivity index (χ3n) is 1.06. The Morgan fingerprint density at radius 3 is 2.54 bits per heavy atom. The molecule has 0 saturated heterocycles. The summed E-state index contributed by atoms with van der Waals surface area (Å²) >= 11 is 0. The van der Waals surface area contributed by atoms with Gasteiger partial charge in [0.15, 0.2) is 0 Å². The van der Waals surface area contributed by atoms with E-state index >= 15 is 0 Å². The Morgan fingerprint density at radius 2 is 2.15 bits per heavy atom. The van der Waals surface area contributed by atoms with Crippen molar-refractivity contribution >= 4 is 18.7 Å². The van der Waals surface area contributed by atoms with Gasteiger partial charge in [0.25, 0.3) is 0 Å². The van der Waals surface area contributed by atoms with Gasteiger partial charge < -0.3 is 9.84 Å². The van der Waals surface area contributed by atoms with E-state index in [-0.39, 0.29) is 6.61 Å². The van der Waals surface area contributed by atoms with Gasteiger partial charge in [-0.1, -0.05) is 12.7 Å². The average molecular weight is 183 g/mol. The molecule has 0 bridgehead atoms. The lowest BCUT2D eigenvalue weighted by Gasteiger charge is -2.00. The summed E-state index contributed by atoms with van der Waals surface area (Å²) in [5.41, 5.74) is 0.476. The molecule has 5 nitrogen and oxygen atoms in total. The van der Waals surface area contributed by atoms with Crippen molar-refractivity contribution in [2.24, 2.45) is 4.99 Å². The van der Waals surface area contributed by atoms with E-state index in [1.165, 1.54) is 12.3 Å². The van der Waals surface area contributed by atoms with Gasteiger partial charge >= 0.3 is 11.9 Å². The van der Waals surface area contributed by atoms with Crippen LogP contribution in [0.5, 0.6) is 0 Å². The average Bonchev–Trinajstić information content (AvgIpc) is 2.11. The number of ether oxygens (including phenoxy) is 1. The second-order valence-electron chi connectivity index (χ2n) is 1.97. The van der Waals surface area contributed by atoms with Gasteiger partial charge in [-0.25, -0.2) is 9.59 Å². The smallest absolute Gasteiger partial charge is 0.417 e. The summed E-state index contributed by atoms with van der Waals surface area (Å²) < 4.78 is 4.34. The molecule has 0 fully saturated rings. The number of esters is 1. The van der Waals surface area contributed by atoms with Crippen LogP contribution in [0.1, 0.15) is 0 Å². The molecule has 0 amide bonds. The van der Waals surface area contributed by atoms with E-state index in [2.05, 4.69) is 23.0 Å². The predicted octanol–water partition coefficient (Wildman–Crippen LogP) is 0.385. The number of carboxylic acids is 1. The molecule has 0 radical (unpaired) electrons. The van der Waals surface area contributed by atoms with Crippen LogP contribution in [0.2, 0.25) is 0 Å². The second-order valence-corrected chi connectivity index (χ2v) is 1.97. The van der Waals surface area contributed by atoms with Crippen molar-refractivity contribution in [3.8, 4) is 0 Å². The Bertz CT molecular complexity index is 267. The van der Waals surface area contributed by atoms with Gasteiger partial charge in [0.05, 0.1) is 0 Å². The van der Waals surface area contributed by atoms with Crippen LogP contribution in [0.15, 0.2) is 29.4 Å². The number of rotatable bonds is 4. The third kappa shape index (κ3) is 4.52. The highest BCUT2D eigenvalue weighted by Crippen LogP contribution is 1.97. The van der Waals surface area contributed by atoms with E-state index in [1.807, 2.05) is 0 Å². The van der Waals surface area contributed by atoms with Crippen LogP contribution in [0, 0.1) is 0 Å². The normalized spacial score (nSPS) is 10.3. The van der Waals surface area contributed by atoms with Crippen LogP contribution in [-0.4, -0.2) is 30.4 Å². The zero-order valence-electron chi connectivity index (χ0n) is 6.90. The van der Waals surface area contributed by atoms with Gasteiger partial charge in [-0.2, -0.15) is 0 Å². The van der Waals surface area contributed by atoms with E-state index in [0.717, 1.165) is 0 Å². The minimum absolute atomic E-state index is 0.173. The van der Waals surface area contributed by atoms with Gasteiger partial charge in [-0.15, -0.1) is 0 Å². The first-order valence-electron chi connectivity index (χ1n) is 3.29. The number of carbonyl (C=O) groups is 2. The zero-order valence-corrected chi connectivity index (χ0v) is 6.90. The molecule has 0 saturated carbocycles. The van der Waals surface area contributed by atoms with Crippen molar-refractivity contribution in [1.82, 2.24) is 0 Å². The Balaban J connectivity index is 4.07. The number of carbonyl (C=O) groups excluding carboxylic acids is 1. The summed E-state index contributed by atoms with van der Waals surface area (Å²) in [6.07, 6.45) is 2.71. The van der Waals surface area contributed by atoms with Gasteiger partial charge in [-0.3, -0.25) is 4.99 Å². The Kier molecular flexibility index (Phi) is 4.87. The molecule has 5 heteroatoms. The van der Waals surface area contributed by atoms with Crippen molar-refractivity contribution < 1.29 is 19.4 Å². The molecule has 70 valence electrons. The molecule has 0 aliphatic rings. The molecule has 1 N–H and O–H groups in total. The predicted molar refractivity (Wildman–Crippen MR) is 46.4 cm³/mol. The van der Waals surface area contributed by atoms with Crippen molar-refractivity contribution in [3.63, 3.8) is 0 Å². The van der Waals surface area contributed by atoms with E-state index in [1.54, 1.807) is 0 Å². The summed E-state index contributed by atoms with van der Waals surface area (Å²) in [4.78, 5) is 23.8. The molecule has 13 heavy (non-hydrogen) atoms. The molecule has 0 aromatic rings. The van der Waals surface area contributed by atoms with Crippen molar-refractivity contribution in [2.75, 3.05) is 6.61 Å². The first-order valence-corrected chi connectivity index (χ1v) is 3.29. The van der Waals surface area contributed by atoms with E-state index in [9.17, 15) is 9.59 Å². The maximum absolute atomic E-state index is 10.4. The van der Waals surface area contributed by atoms with Gasteiger partial charge in [0.1, 0.15) is 6.61 Å². The number of carboxylic acid groups (broad SMARTS) is 1. The number of nitrogens with zero attached hydrogens (tertiary/aromatic N) is 1. The quantitative estimate of drug-likeness (QED) is 0.296. The fourth-order valence-corrected chi connectivity index (χ4v) is 0.477. The van der Waals surface area contributed by atoms with Crippen LogP contribution in [0.3, 0.4) is 0 Å². The molecule has 0 aromatic heterocycles. The standard InChI is InChI=1S/C8H9NO4/c1-3-6(4-9-2)5-13-8(12)7(10)11/h3-4H,1-2,5H2,(H,10,11)/b6-4+. The summed E-state index contributed by atoms with van der Waals surface area (Å²) in [5.74, 6) is -2.94. The third-order valence-corrected chi connectivity index (χ3v) is 1.06. The first-order chi connectivity index (χ1) is 6.11. The molecule has 0 spiro atoms. The lowest BCUT2D eigenvalue weighted by atomic mass is 10.3. The monoisotopic (exact) mass is 183 g/mol. The Labute approximate surface area is 75.0 Å². The van der Waals surface area contributed by atoms with Crippen molar-refractivity contribution in [2.45, 2.75) is 0 Å². The van der Waals surface area contributed by atoms with E-state index in [0.29, 0.717) is 5.57 Å². The number of hydrogen-bond acceptors (Lipinski definition) is 4. The lowest BCUT2D eigenvalue weighted by Crippen LogP contribution is -2.17. The minimum Gasteiger partial charge on any atom is -0.473 e. The first kappa shape index (κ1) is 11.1. The van der Waals surface area contributed by atoms with Crippen LogP contribution in [0.4, 0.5) is 0 Å². The molecule has 0 rings (SSSR count). The van der Waals surface area contributed by atoms with E-state index < -0.39 is 11.9 Å². The highest BCUT2D eigenvalue weighted by molar-refractivity contribution is 6.28. The highest BCUT2D eigenvalue weighted by Gasteiger charge is 2.12. The van der Waals surface area contributed by atoms with E-state index in [4.69, 9.17) is 5.11 Å². The Morgan fingerprint density at radius 1 is 1.54 bits per heavy atom. The topological polar surface area (TPSA) is 76.0 Å². The van der Waals surface area contributed by atoms with Gasteiger partial charge in [-0.05, 0) is 6.72 Å². The van der Waals surface area contributed by atoms with Crippen molar-refractivity contribution in [3.05, 3.63) is 24.4 Å². The van der Waals surface area contributed by atoms with Crippen LogP contribution < -0.4 is 0 Å². The largest absolute Gasteiger partial charge is 0.473 e. The molecule has 0 aromatic carbocycles. The van der Waals surface area contributed by atoms with Gasteiger partial charge in [0, 0.05) is 11.8 Å². The highest BCUT2D eigenvalue weighted by atomic mass is 16.6. The molecule has 0 aliphatic heterocycles. The van der Waals surface area contributed by atoms with Gasteiger partial charge in [0.2, 0.25) is 0 Å². The second kappa shape index (κ2) is 5.70. The maximum Gasteiger partial charge on any atom is 0.417 e. The Hall–Kier alpha value is -1.91. The fraction of sp³-hybridized carbons (Fsp3) is 0.125. The summed E-state index contributed by atoms with van der Waals surface area (Å²) in [7, 11) is 0. The summed E-state index contributed by atoms with van der Waals surface area (Å²) in [6, 6.07) is 0. The molecule has 0 atom stereocenters.